The first-order valence-corrected chi connectivity index (χ1v) is 7.47. The molecule has 2 aliphatic rings. The minimum Gasteiger partial charge on any atom is -0.341 e. The Morgan fingerprint density at radius 2 is 2.00 bits per heavy atom. The SMILES string of the molecule is O=C(CC1SC(=S)Nc2ccccc21)C1C=CC=C1. The second kappa shape index (κ2) is 5.31. The largest absolute Gasteiger partial charge is 0.341 e. The lowest BCUT2D eigenvalue weighted by Crippen LogP contribution is -2.19. The molecule has 96 valence electrons. The normalized spacial score (nSPS) is 21.3. The number of allylic oxidation sites excluding steroid dienone is 4. The number of thioether (sulfide) groups is 1. The summed E-state index contributed by atoms with van der Waals surface area (Å²) in [6, 6.07) is 8.05. The van der Waals surface area contributed by atoms with E-state index in [4.69, 9.17) is 12.2 Å². The maximum absolute atomic E-state index is 12.3. The van der Waals surface area contributed by atoms with E-state index in [1.54, 1.807) is 11.8 Å². The number of carbonyl (C=O) groups excluding carboxylic acids is 1. The van der Waals surface area contributed by atoms with E-state index < -0.39 is 0 Å². The van der Waals surface area contributed by atoms with Crippen LogP contribution in [-0.4, -0.2) is 10.1 Å². The highest BCUT2D eigenvalue weighted by Crippen LogP contribution is 2.42. The van der Waals surface area contributed by atoms with E-state index in [1.165, 1.54) is 5.56 Å². The quantitative estimate of drug-likeness (QED) is 0.854. The zero-order valence-corrected chi connectivity index (χ0v) is 11.8. The second-order valence-electron chi connectivity index (χ2n) is 4.57. The van der Waals surface area contributed by atoms with Gasteiger partial charge in [-0.3, -0.25) is 4.79 Å². The molecule has 3 rings (SSSR count). The molecule has 1 heterocycles. The van der Waals surface area contributed by atoms with Gasteiger partial charge in [0.2, 0.25) is 0 Å². The van der Waals surface area contributed by atoms with Crippen LogP contribution in [0, 0.1) is 5.92 Å². The molecule has 1 aliphatic carbocycles. The first kappa shape index (κ1) is 12.6. The molecule has 1 N–H and O–H groups in total. The molecular weight excluding hydrogens is 274 g/mol. The highest BCUT2D eigenvalue weighted by molar-refractivity contribution is 8.23. The molecule has 0 radical (unpaired) electrons. The van der Waals surface area contributed by atoms with Crippen LogP contribution >= 0.6 is 24.0 Å². The molecule has 2 nitrogen and oxygen atoms in total. The Hall–Kier alpha value is -1.39. The fraction of sp³-hybridized carbons (Fsp3) is 0.200. The Labute approximate surface area is 122 Å². The van der Waals surface area contributed by atoms with Crippen molar-refractivity contribution in [1.82, 2.24) is 0 Å². The maximum atomic E-state index is 12.3. The van der Waals surface area contributed by atoms with Crippen molar-refractivity contribution in [3.05, 3.63) is 54.1 Å². The van der Waals surface area contributed by atoms with E-state index in [0.29, 0.717) is 6.42 Å². The molecule has 1 aromatic rings. The molecule has 19 heavy (non-hydrogen) atoms. The van der Waals surface area contributed by atoms with Crippen molar-refractivity contribution in [2.45, 2.75) is 11.7 Å². The van der Waals surface area contributed by atoms with Crippen LogP contribution in [-0.2, 0) is 4.79 Å². The van der Waals surface area contributed by atoms with Gasteiger partial charge in [-0.15, -0.1) is 0 Å². The molecule has 1 unspecified atom stereocenters. The van der Waals surface area contributed by atoms with Crippen molar-refractivity contribution >= 4 is 39.8 Å². The van der Waals surface area contributed by atoms with Crippen LogP contribution in [0.2, 0.25) is 0 Å². The Morgan fingerprint density at radius 3 is 2.79 bits per heavy atom. The van der Waals surface area contributed by atoms with Crippen LogP contribution in [0.1, 0.15) is 17.2 Å². The van der Waals surface area contributed by atoms with Gasteiger partial charge in [0.05, 0.1) is 5.92 Å². The molecule has 0 saturated heterocycles. The minimum atomic E-state index is -0.0591. The number of Topliss-reactive ketones (excluding diaryl/α,β-unsaturated/α-hetero) is 1. The first-order valence-electron chi connectivity index (χ1n) is 6.18. The van der Waals surface area contributed by atoms with Gasteiger partial charge in [0.15, 0.2) is 0 Å². The average Bonchev–Trinajstić information content (AvgIpc) is 2.92. The summed E-state index contributed by atoms with van der Waals surface area (Å²) >= 11 is 6.83. The average molecular weight is 287 g/mol. The van der Waals surface area contributed by atoms with Crippen LogP contribution in [0.15, 0.2) is 48.6 Å². The van der Waals surface area contributed by atoms with E-state index in [1.807, 2.05) is 42.5 Å². The van der Waals surface area contributed by atoms with Gasteiger partial charge in [0.1, 0.15) is 10.1 Å². The summed E-state index contributed by atoms with van der Waals surface area (Å²) in [4.78, 5) is 12.3. The molecule has 0 fully saturated rings. The molecular formula is C15H13NOS2. The predicted molar refractivity (Wildman–Crippen MR) is 84.4 cm³/mol. The van der Waals surface area contributed by atoms with Gasteiger partial charge >= 0.3 is 0 Å². The van der Waals surface area contributed by atoms with E-state index in [9.17, 15) is 4.79 Å². The molecule has 0 bridgehead atoms. The predicted octanol–water partition coefficient (Wildman–Crippen LogP) is 3.87. The standard InChI is InChI=1S/C15H13NOS2/c17-13(10-5-1-2-6-10)9-14-11-7-3-4-8-12(11)16-15(18)19-14/h1-8,10,14H,9H2,(H,16,18). The summed E-state index contributed by atoms with van der Waals surface area (Å²) in [7, 11) is 0. The van der Waals surface area contributed by atoms with Gasteiger partial charge in [-0.1, -0.05) is 66.5 Å². The van der Waals surface area contributed by atoms with Crippen molar-refractivity contribution in [3.8, 4) is 0 Å². The van der Waals surface area contributed by atoms with Crippen molar-refractivity contribution in [2.24, 2.45) is 5.92 Å². The zero-order valence-electron chi connectivity index (χ0n) is 10.2. The first-order chi connectivity index (χ1) is 9.24. The Bertz CT molecular complexity index is 580. The van der Waals surface area contributed by atoms with Crippen LogP contribution in [0.3, 0.4) is 0 Å². The summed E-state index contributed by atoms with van der Waals surface area (Å²) in [6.07, 6.45) is 8.26. The van der Waals surface area contributed by atoms with Crippen LogP contribution in [0.4, 0.5) is 5.69 Å². The number of hydrogen-bond acceptors (Lipinski definition) is 3. The molecule has 0 aromatic heterocycles. The Morgan fingerprint density at radius 1 is 1.26 bits per heavy atom. The number of anilines is 1. The lowest BCUT2D eigenvalue weighted by atomic mass is 9.98. The molecule has 1 aliphatic heterocycles. The number of ketones is 1. The molecule has 1 atom stereocenters. The lowest BCUT2D eigenvalue weighted by molar-refractivity contribution is -0.120. The molecule has 1 aromatic carbocycles. The second-order valence-corrected chi connectivity index (χ2v) is 6.45. The third kappa shape index (κ3) is 2.65. The summed E-state index contributed by atoms with van der Waals surface area (Å²) in [5, 5.41) is 3.31. The third-order valence-electron chi connectivity index (χ3n) is 3.30. The molecule has 4 heteroatoms. The third-order valence-corrected chi connectivity index (χ3v) is 4.71. The van der Waals surface area contributed by atoms with Gasteiger partial charge in [0, 0.05) is 17.4 Å². The number of thiocarbonyl (C=S) groups is 1. The zero-order chi connectivity index (χ0) is 13.2. The number of fused-ring (bicyclic) bond motifs is 1. The van der Waals surface area contributed by atoms with Crippen LogP contribution in [0.5, 0.6) is 0 Å². The summed E-state index contributed by atoms with van der Waals surface area (Å²) in [5.41, 5.74) is 2.20. The number of hydrogen-bond donors (Lipinski definition) is 1. The lowest BCUT2D eigenvalue weighted by Gasteiger charge is -2.26. The topological polar surface area (TPSA) is 29.1 Å². The minimum absolute atomic E-state index is 0.0591. The van der Waals surface area contributed by atoms with E-state index in [0.717, 1.165) is 10.0 Å². The van der Waals surface area contributed by atoms with Gasteiger partial charge in [-0.2, -0.15) is 0 Å². The number of nitrogens with one attached hydrogen (secondary N) is 1. The van der Waals surface area contributed by atoms with Gasteiger partial charge < -0.3 is 5.32 Å². The summed E-state index contributed by atoms with van der Waals surface area (Å²) in [6.45, 7) is 0. The van der Waals surface area contributed by atoms with E-state index in [-0.39, 0.29) is 17.0 Å². The molecule has 0 spiro atoms. The van der Waals surface area contributed by atoms with Gasteiger partial charge in [0.25, 0.3) is 0 Å². The Balaban J connectivity index is 1.81. The van der Waals surface area contributed by atoms with Crippen molar-refractivity contribution in [2.75, 3.05) is 5.32 Å². The van der Waals surface area contributed by atoms with E-state index in [2.05, 4.69) is 11.4 Å². The fourth-order valence-electron chi connectivity index (χ4n) is 2.34. The molecule has 0 amide bonds. The van der Waals surface area contributed by atoms with Crippen LogP contribution < -0.4 is 5.32 Å². The van der Waals surface area contributed by atoms with Crippen molar-refractivity contribution in [1.29, 1.82) is 0 Å². The maximum Gasteiger partial charge on any atom is 0.144 e. The van der Waals surface area contributed by atoms with Crippen molar-refractivity contribution in [3.63, 3.8) is 0 Å². The highest BCUT2D eigenvalue weighted by Gasteiger charge is 2.27. The number of para-hydroxylation sites is 1. The summed E-state index contributed by atoms with van der Waals surface area (Å²) in [5.74, 6) is 0.193. The summed E-state index contributed by atoms with van der Waals surface area (Å²) < 4.78 is 0.744. The monoisotopic (exact) mass is 287 g/mol. The van der Waals surface area contributed by atoms with Crippen LogP contribution in [0.25, 0.3) is 0 Å². The van der Waals surface area contributed by atoms with Gasteiger partial charge in [-0.05, 0) is 11.6 Å². The van der Waals surface area contributed by atoms with Crippen molar-refractivity contribution < 1.29 is 4.79 Å². The smallest absolute Gasteiger partial charge is 0.144 e. The number of rotatable bonds is 3. The number of carbonyl (C=O) groups is 1. The van der Waals surface area contributed by atoms with E-state index >= 15 is 0 Å². The number of benzene rings is 1. The fourth-order valence-corrected chi connectivity index (χ4v) is 3.81. The molecule has 0 saturated carbocycles. The Kier molecular flexibility index (Phi) is 3.53. The highest BCUT2D eigenvalue weighted by atomic mass is 32.2. The van der Waals surface area contributed by atoms with Gasteiger partial charge in [-0.25, -0.2) is 0 Å².